The van der Waals surface area contributed by atoms with Crippen LogP contribution < -0.4 is 15.9 Å². The van der Waals surface area contributed by atoms with Crippen LogP contribution in [0.4, 0.5) is 0 Å². The lowest BCUT2D eigenvalue weighted by atomic mass is 10.2. The van der Waals surface area contributed by atoms with E-state index in [1.165, 1.54) is 15.9 Å². The van der Waals surface area contributed by atoms with Gasteiger partial charge in [0.15, 0.2) is 0 Å². The first-order chi connectivity index (χ1) is 11.8. The van der Waals surface area contributed by atoms with E-state index in [2.05, 4.69) is 97.9 Å². The highest BCUT2D eigenvalue weighted by Crippen LogP contribution is 2.56. The van der Waals surface area contributed by atoms with Gasteiger partial charge in [0.25, 0.3) is 0 Å². The molecule has 3 rings (SSSR count). The molecule has 3 aromatic rings. The first-order valence-corrected chi connectivity index (χ1v) is 10.4. The third kappa shape index (κ3) is 4.20. The monoisotopic (exact) mass is 415 g/mol. The topological polar surface area (TPSA) is 20.2 Å². The first-order valence-electron chi connectivity index (χ1n) is 8.43. The van der Waals surface area contributed by atoms with Gasteiger partial charge in [0.05, 0.1) is 6.16 Å². The minimum Gasteiger partial charge on any atom is -0.396 e. The molecule has 0 aliphatic heterocycles. The molecule has 0 aliphatic rings. The van der Waals surface area contributed by atoms with Gasteiger partial charge < -0.3 is 5.11 Å². The Bertz CT molecular complexity index is 650. The Balaban J connectivity index is 0.00000225. The summed E-state index contributed by atoms with van der Waals surface area (Å²) >= 11 is 0. The largest absolute Gasteiger partial charge is 0.396 e. The fourth-order valence-corrected chi connectivity index (χ4v) is 7.96. The highest BCUT2D eigenvalue weighted by molar-refractivity contribution is 8.93. The summed E-state index contributed by atoms with van der Waals surface area (Å²) in [6, 6.07) is 32.5. The van der Waals surface area contributed by atoms with Crippen LogP contribution in [0.1, 0.15) is 6.92 Å². The van der Waals surface area contributed by atoms with Crippen LogP contribution in [0.2, 0.25) is 0 Å². The van der Waals surface area contributed by atoms with E-state index in [4.69, 9.17) is 0 Å². The second-order valence-corrected chi connectivity index (χ2v) is 9.82. The number of halogens is 1. The second-order valence-electron chi connectivity index (χ2n) is 6.29. The zero-order valence-electron chi connectivity index (χ0n) is 14.5. The number of hydrogen-bond acceptors (Lipinski definition) is 1. The van der Waals surface area contributed by atoms with Crippen LogP contribution in [-0.4, -0.2) is 17.9 Å². The molecule has 1 nitrogen and oxygen atoms in total. The molecule has 0 amide bonds. The standard InChI is InChI=1S/C22H24OP.BrH/c1-19(17-23)18-24(20-11-5-2-6-12-20,21-13-7-3-8-14-21)22-15-9-4-10-16-22;/h2-16,19,23H,17-18H2,1H3;1H/q+1;/t19-;/m0./s1. The van der Waals surface area contributed by atoms with Gasteiger partial charge in [-0.2, -0.15) is 0 Å². The van der Waals surface area contributed by atoms with E-state index in [1.807, 2.05) is 0 Å². The zero-order valence-corrected chi connectivity index (χ0v) is 17.1. The van der Waals surface area contributed by atoms with E-state index in [0.29, 0.717) is 0 Å². The third-order valence-electron chi connectivity index (χ3n) is 4.49. The van der Waals surface area contributed by atoms with Gasteiger partial charge in [-0.1, -0.05) is 61.5 Å². The zero-order chi connectivity index (χ0) is 16.8. The van der Waals surface area contributed by atoms with Crippen LogP contribution in [0.25, 0.3) is 0 Å². The maximum absolute atomic E-state index is 9.76. The third-order valence-corrected chi connectivity index (χ3v) is 9.20. The summed E-state index contributed by atoms with van der Waals surface area (Å²) in [5.41, 5.74) is 0. The van der Waals surface area contributed by atoms with Crippen molar-refractivity contribution >= 4 is 40.2 Å². The molecule has 0 fully saturated rings. The Morgan fingerprint density at radius 1 is 0.680 bits per heavy atom. The number of benzene rings is 3. The van der Waals surface area contributed by atoms with Gasteiger partial charge in [-0.15, -0.1) is 17.0 Å². The molecule has 0 aliphatic carbocycles. The van der Waals surface area contributed by atoms with E-state index in [1.54, 1.807) is 0 Å². The molecule has 130 valence electrons. The SMILES string of the molecule is Br.C[C@@H](CO)C[P+](c1ccccc1)(c1ccccc1)c1ccccc1. The van der Waals surface area contributed by atoms with Crippen molar-refractivity contribution in [1.82, 2.24) is 0 Å². The van der Waals surface area contributed by atoms with E-state index >= 15 is 0 Å². The summed E-state index contributed by atoms with van der Waals surface area (Å²) in [5, 5.41) is 13.9. The van der Waals surface area contributed by atoms with Crippen LogP contribution in [-0.2, 0) is 0 Å². The normalized spacial score (nSPS) is 12.2. The fraction of sp³-hybridized carbons (Fsp3) is 0.182. The van der Waals surface area contributed by atoms with Crippen LogP contribution in [0, 0.1) is 5.92 Å². The van der Waals surface area contributed by atoms with E-state index in [-0.39, 0.29) is 29.5 Å². The average molecular weight is 416 g/mol. The predicted molar refractivity (Wildman–Crippen MR) is 117 cm³/mol. The Kier molecular flexibility index (Phi) is 7.38. The average Bonchev–Trinajstić information content (AvgIpc) is 2.68. The molecule has 3 aromatic carbocycles. The smallest absolute Gasteiger partial charge is 0.112 e. The molecule has 0 heterocycles. The van der Waals surface area contributed by atoms with Crippen molar-refractivity contribution in [1.29, 1.82) is 0 Å². The highest BCUT2D eigenvalue weighted by atomic mass is 79.9. The van der Waals surface area contributed by atoms with Crippen molar-refractivity contribution in [2.75, 3.05) is 12.8 Å². The minimum absolute atomic E-state index is 0. The first kappa shape index (κ1) is 19.8. The Morgan fingerprint density at radius 3 is 1.28 bits per heavy atom. The molecular weight excluding hydrogens is 391 g/mol. The van der Waals surface area contributed by atoms with Crippen molar-refractivity contribution in [2.45, 2.75) is 6.92 Å². The summed E-state index contributed by atoms with van der Waals surface area (Å²) in [6.07, 6.45) is 0.974. The molecular formula is C22H25BrOP+. The summed E-state index contributed by atoms with van der Waals surface area (Å²) in [7, 11) is -1.79. The highest BCUT2D eigenvalue weighted by Gasteiger charge is 2.45. The summed E-state index contributed by atoms with van der Waals surface area (Å²) in [6.45, 7) is 2.36. The van der Waals surface area contributed by atoms with Gasteiger partial charge in [0.2, 0.25) is 0 Å². The van der Waals surface area contributed by atoms with Crippen LogP contribution >= 0.6 is 24.2 Å². The molecule has 0 radical (unpaired) electrons. The van der Waals surface area contributed by atoms with Crippen LogP contribution in [0.15, 0.2) is 91.0 Å². The van der Waals surface area contributed by atoms with Crippen molar-refractivity contribution in [3.8, 4) is 0 Å². The van der Waals surface area contributed by atoms with Gasteiger partial charge in [0.1, 0.15) is 23.2 Å². The summed E-state index contributed by atoms with van der Waals surface area (Å²) in [5.74, 6) is 0.249. The van der Waals surface area contributed by atoms with E-state index in [9.17, 15) is 5.11 Å². The Morgan fingerprint density at radius 2 is 1.00 bits per heavy atom. The molecule has 3 heteroatoms. The maximum atomic E-state index is 9.76. The molecule has 0 unspecified atom stereocenters. The maximum Gasteiger partial charge on any atom is 0.112 e. The van der Waals surface area contributed by atoms with Crippen LogP contribution in [0.5, 0.6) is 0 Å². The lowest BCUT2D eigenvalue weighted by molar-refractivity contribution is 0.250. The molecule has 0 aromatic heterocycles. The minimum atomic E-state index is -1.79. The number of aliphatic hydroxyl groups excluding tert-OH is 1. The van der Waals surface area contributed by atoms with Gasteiger partial charge in [-0.05, 0) is 36.4 Å². The van der Waals surface area contributed by atoms with Crippen molar-refractivity contribution < 1.29 is 5.11 Å². The lowest BCUT2D eigenvalue weighted by Gasteiger charge is -2.29. The predicted octanol–water partition coefficient (Wildman–Crippen LogP) is 4.19. The molecule has 0 bridgehead atoms. The number of hydrogen-bond donors (Lipinski definition) is 1. The second kappa shape index (κ2) is 9.29. The number of rotatable bonds is 6. The quantitative estimate of drug-likeness (QED) is 0.598. The fourth-order valence-electron chi connectivity index (χ4n) is 3.34. The van der Waals surface area contributed by atoms with Gasteiger partial charge >= 0.3 is 0 Å². The van der Waals surface area contributed by atoms with Crippen molar-refractivity contribution in [3.63, 3.8) is 0 Å². The molecule has 1 atom stereocenters. The molecule has 1 N–H and O–H groups in total. The Labute approximate surface area is 161 Å². The van der Waals surface area contributed by atoms with Crippen molar-refractivity contribution in [3.05, 3.63) is 91.0 Å². The van der Waals surface area contributed by atoms with Crippen LogP contribution in [0.3, 0.4) is 0 Å². The number of aliphatic hydroxyl groups is 1. The van der Waals surface area contributed by atoms with E-state index < -0.39 is 7.26 Å². The lowest BCUT2D eigenvalue weighted by Crippen LogP contribution is -2.35. The Hall–Kier alpha value is -1.47. The van der Waals surface area contributed by atoms with E-state index in [0.717, 1.165) is 6.16 Å². The molecule has 25 heavy (non-hydrogen) atoms. The van der Waals surface area contributed by atoms with Gasteiger partial charge in [-0.3, -0.25) is 0 Å². The summed E-state index contributed by atoms with van der Waals surface area (Å²) < 4.78 is 0. The van der Waals surface area contributed by atoms with Crippen molar-refractivity contribution in [2.24, 2.45) is 5.92 Å². The molecule has 0 spiro atoms. The van der Waals surface area contributed by atoms with Gasteiger partial charge in [0, 0.05) is 12.5 Å². The molecule has 0 saturated carbocycles. The molecule has 0 saturated heterocycles. The van der Waals surface area contributed by atoms with Gasteiger partial charge in [-0.25, -0.2) is 0 Å². The summed E-state index contributed by atoms with van der Waals surface area (Å²) in [4.78, 5) is 0.